The molecule has 1 rings (SSSR count). The summed E-state index contributed by atoms with van der Waals surface area (Å²) < 4.78 is 5.08. The highest BCUT2D eigenvalue weighted by molar-refractivity contribution is 6.42. The maximum Gasteiger partial charge on any atom is 0.292 e. The zero-order chi connectivity index (χ0) is 12.8. The Balaban J connectivity index is 2.86. The Labute approximate surface area is 100 Å². The quantitative estimate of drug-likeness (QED) is 0.476. The predicted molar refractivity (Wildman–Crippen MR) is 65.3 cm³/mol. The molecule has 0 aliphatic rings. The molecule has 4 heteroatoms. The number of carbonyl (C=O) groups is 2. The van der Waals surface area contributed by atoms with Crippen LogP contribution in [0.1, 0.15) is 15.9 Å². The number of hydrogen-bond acceptors (Lipinski definition) is 3. The molecule has 4 nitrogen and oxygen atoms in total. The fraction of sp³-hybridized carbons (Fsp3) is 0.231. The molecule has 1 amide bonds. The van der Waals surface area contributed by atoms with Crippen LogP contribution in [0.25, 0.3) is 0 Å². The van der Waals surface area contributed by atoms with E-state index in [1.807, 2.05) is 6.92 Å². The summed E-state index contributed by atoms with van der Waals surface area (Å²) in [5.41, 5.74) is 1.17. The van der Waals surface area contributed by atoms with Crippen LogP contribution in [0.15, 0.2) is 30.9 Å². The zero-order valence-corrected chi connectivity index (χ0v) is 9.95. The lowest BCUT2D eigenvalue weighted by Crippen LogP contribution is -2.31. The van der Waals surface area contributed by atoms with Crippen molar-refractivity contribution in [3.8, 4) is 5.75 Å². The molecule has 90 valence electrons. The Morgan fingerprint density at radius 2 is 2.18 bits per heavy atom. The predicted octanol–water partition coefficient (Wildman–Crippen LogP) is 1.49. The second-order valence-electron chi connectivity index (χ2n) is 3.51. The monoisotopic (exact) mass is 233 g/mol. The molecule has 0 aliphatic carbocycles. The van der Waals surface area contributed by atoms with Gasteiger partial charge in [-0.05, 0) is 30.7 Å². The molecule has 0 saturated carbocycles. The lowest BCUT2D eigenvalue weighted by Gasteiger charge is -2.06. The summed E-state index contributed by atoms with van der Waals surface area (Å²) >= 11 is 0. The highest BCUT2D eigenvalue weighted by Crippen LogP contribution is 2.18. The summed E-state index contributed by atoms with van der Waals surface area (Å²) in [5, 5.41) is 2.44. The number of ether oxygens (including phenoxy) is 1. The second-order valence-corrected chi connectivity index (χ2v) is 3.51. The van der Waals surface area contributed by atoms with Crippen LogP contribution >= 0.6 is 0 Å². The van der Waals surface area contributed by atoms with Gasteiger partial charge in [0.15, 0.2) is 0 Å². The van der Waals surface area contributed by atoms with Crippen LogP contribution in [0, 0.1) is 6.92 Å². The third-order valence-corrected chi connectivity index (χ3v) is 2.27. The maximum atomic E-state index is 11.7. The van der Waals surface area contributed by atoms with E-state index in [0.717, 1.165) is 5.56 Å². The smallest absolute Gasteiger partial charge is 0.292 e. The van der Waals surface area contributed by atoms with Gasteiger partial charge < -0.3 is 10.1 Å². The first-order valence-corrected chi connectivity index (χ1v) is 5.18. The molecule has 0 heterocycles. The largest absolute Gasteiger partial charge is 0.496 e. The molecule has 0 unspecified atom stereocenters. The van der Waals surface area contributed by atoms with Gasteiger partial charge in [-0.1, -0.05) is 6.08 Å². The van der Waals surface area contributed by atoms with E-state index in [9.17, 15) is 9.59 Å². The van der Waals surface area contributed by atoms with Gasteiger partial charge in [0.25, 0.3) is 5.91 Å². The average Bonchev–Trinajstić information content (AvgIpc) is 2.34. The summed E-state index contributed by atoms with van der Waals surface area (Å²) in [5.74, 6) is -0.500. The average molecular weight is 233 g/mol. The minimum atomic E-state index is -0.630. The first-order valence-electron chi connectivity index (χ1n) is 5.18. The van der Waals surface area contributed by atoms with Crippen molar-refractivity contribution < 1.29 is 14.3 Å². The summed E-state index contributed by atoms with van der Waals surface area (Å²) in [7, 11) is 1.56. The van der Waals surface area contributed by atoms with Gasteiger partial charge in [0, 0.05) is 12.1 Å². The molecule has 0 atom stereocenters. The lowest BCUT2D eigenvalue weighted by atomic mass is 10.1. The minimum Gasteiger partial charge on any atom is -0.496 e. The molecule has 1 aromatic carbocycles. The van der Waals surface area contributed by atoms with Crippen molar-refractivity contribution in [3.63, 3.8) is 0 Å². The van der Waals surface area contributed by atoms with Crippen molar-refractivity contribution in [2.24, 2.45) is 0 Å². The molecule has 0 aromatic heterocycles. The number of hydrogen-bond donors (Lipinski definition) is 1. The van der Waals surface area contributed by atoms with Crippen LogP contribution in [0.5, 0.6) is 5.75 Å². The highest BCUT2D eigenvalue weighted by atomic mass is 16.5. The lowest BCUT2D eigenvalue weighted by molar-refractivity contribution is -0.116. The number of ketones is 1. The Kier molecular flexibility index (Phi) is 4.46. The molecule has 0 radical (unpaired) electrons. The fourth-order valence-electron chi connectivity index (χ4n) is 1.40. The van der Waals surface area contributed by atoms with E-state index in [0.29, 0.717) is 11.3 Å². The van der Waals surface area contributed by atoms with Crippen molar-refractivity contribution in [3.05, 3.63) is 42.0 Å². The summed E-state index contributed by atoms with van der Waals surface area (Å²) in [6.07, 6.45) is 1.52. The van der Waals surface area contributed by atoms with Gasteiger partial charge in [-0.2, -0.15) is 0 Å². The highest BCUT2D eigenvalue weighted by Gasteiger charge is 2.16. The Hall–Kier alpha value is -2.10. The van der Waals surface area contributed by atoms with E-state index in [1.54, 1.807) is 25.3 Å². The number of carbonyl (C=O) groups excluding carboxylic acids is 2. The van der Waals surface area contributed by atoms with Crippen LogP contribution in [0.3, 0.4) is 0 Å². The van der Waals surface area contributed by atoms with Crippen molar-refractivity contribution in [1.82, 2.24) is 5.32 Å². The zero-order valence-electron chi connectivity index (χ0n) is 9.95. The van der Waals surface area contributed by atoms with E-state index < -0.39 is 11.7 Å². The molecule has 17 heavy (non-hydrogen) atoms. The SMILES string of the molecule is C=CCNC(=O)C(=O)c1ccc(OC)c(C)c1. The number of benzene rings is 1. The molecule has 0 aliphatic heterocycles. The molecular formula is C13H15NO3. The molecule has 0 spiro atoms. The fourth-order valence-corrected chi connectivity index (χ4v) is 1.40. The second kappa shape index (κ2) is 5.84. The molecule has 0 bridgehead atoms. The third-order valence-electron chi connectivity index (χ3n) is 2.27. The molecule has 0 fully saturated rings. The van der Waals surface area contributed by atoms with Crippen LogP contribution in [-0.2, 0) is 4.79 Å². The van der Waals surface area contributed by atoms with Crippen LogP contribution < -0.4 is 10.1 Å². The molecular weight excluding hydrogens is 218 g/mol. The van der Waals surface area contributed by atoms with Crippen molar-refractivity contribution in [2.45, 2.75) is 6.92 Å². The third kappa shape index (κ3) is 3.17. The van der Waals surface area contributed by atoms with Crippen LogP contribution in [0.2, 0.25) is 0 Å². The van der Waals surface area contributed by atoms with Gasteiger partial charge in [-0.15, -0.1) is 6.58 Å². The van der Waals surface area contributed by atoms with Crippen molar-refractivity contribution >= 4 is 11.7 Å². The number of rotatable bonds is 5. The molecule has 0 saturated heterocycles. The number of aryl methyl sites for hydroxylation is 1. The van der Waals surface area contributed by atoms with E-state index in [2.05, 4.69) is 11.9 Å². The summed E-state index contributed by atoms with van der Waals surface area (Å²) in [4.78, 5) is 23.1. The topological polar surface area (TPSA) is 55.4 Å². The van der Waals surface area contributed by atoms with E-state index in [1.165, 1.54) is 6.08 Å². The Bertz CT molecular complexity index is 452. The first kappa shape index (κ1) is 13.0. The van der Waals surface area contributed by atoms with Crippen molar-refractivity contribution in [1.29, 1.82) is 0 Å². The van der Waals surface area contributed by atoms with E-state index in [4.69, 9.17) is 4.74 Å². The van der Waals surface area contributed by atoms with Crippen LogP contribution in [0.4, 0.5) is 0 Å². The molecule has 1 N–H and O–H groups in total. The van der Waals surface area contributed by atoms with Crippen LogP contribution in [-0.4, -0.2) is 25.3 Å². The van der Waals surface area contributed by atoms with Gasteiger partial charge in [0.05, 0.1) is 7.11 Å². The van der Waals surface area contributed by atoms with Gasteiger partial charge in [0.2, 0.25) is 5.78 Å². The summed E-state index contributed by atoms with van der Waals surface area (Å²) in [6, 6.07) is 4.87. The Morgan fingerprint density at radius 1 is 1.47 bits per heavy atom. The summed E-state index contributed by atoms with van der Waals surface area (Å²) in [6.45, 7) is 5.55. The number of Topliss-reactive ketones (excluding diaryl/α,β-unsaturated/α-hetero) is 1. The number of nitrogens with one attached hydrogen (secondary N) is 1. The maximum absolute atomic E-state index is 11.7. The first-order chi connectivity index (χ1) is 8.10. The van der Waals surface area contributed by atoms with Gasteiger partial charge in [0.1, 0.15) is 5.75 Å². The normalized spacial score (nSPS) is 9.53. The van der Waals surface area contributed by atoms with Crippen molar-refractivity contribution in [2.75, 3.05) is 13.7 Å². The number of methoxy groups -OCH3 is 1. The van der Waals surface area contributed by atoms with E-state index >= 15 is 0 Å². The van der Waals surface area contributed by atoms with E-state index in [-0.39, 0.29) is 6.54 Å². The number of amides is 1. The minimum absolute atomic E-state index is 0.277. The van der Waals surface area contributed by atoms with Gasteiger partial charge >= 0.3 is 0 Å². The van der Waals surface area contributed by atoms with Gasteiger partial charge in [-0.3, -0.25) is 9.59 Å². The van der Waals surface area contributed by atoms with Gasteiger partial charge in [-0.25, -0.2) is 0 Å². The molecule has 1 aromatic rings. The standard InChI is InChI=1S/C13H15NO3/c1-4-7-14-13(16)12(15)10-5-6-11(17-3)9(2)8-10/h4-6,8H,1,7H2,2-3H3,(H,14,16). The Morgan fingerprint density at radius 3 is 2.71 bits per heavy atom.